The summed E-state index contributed by atoms with van der Waals surface area (Å²) >= 11 is 1.96. The fourth-order valence-corrected chi connectivity index (χ4v) is 9.55. The van der Waals surface area contributed by atoms with Crippen LogP contribution in [0.4, 0.5) is 0 Å². The SMILES string of the molecule is CC1(c2ccccc2)N=C(c2ccc(-n3c4ccccc4c4ccc5c(c43)SC3C=CC=CC53C)nc2)N=C(c2ccc(-c3ccccc3)cc2)N1. The maximum atomic E-state index is 5.24. The first-order valence-electron chi connectivity index (χ1n) is 17.7. The number of aromatic nitrogens is 2. The molecule has 0 amide bonds. The van der Waals surface area contributed by atoms with Crippen molar-refractivity contribution in [3.63, 3.8) is 0 Å². The molecule has 1 N–H and O–H groups in total. The van der Waals surface area contributed by atoms with Gasteiger partial charge in [-0.25, -0.2) is 15.0 Å². The van der Waals surface area contributed by atoms with Crippen LogP contribution in [-0.2, 0) is 11.1 Å². The van der Waals surface area contributed by atoms with E-state index >= 15 is 0 Å². The number of nitrogens with zero attached hydrogens (tertiary/aromatic N) is 4. The molecule has 7 aromatic rings. The Morgan fingerprint density at radius 3 is 2.17 bits per heavy atom. The molecule has 52 heavy (non-hydrogen) atoms. The first-order valence-corrected chi connectivity index (χ1v) is 18.6. The van der Waals surface area contributed by atoms with Crippen LogP contribution in [0.3, 0.4) is 0 Å². The summed E-state index contributed by atoms with van der Waals surface area (Å²) in [6.07, 6.45) is 11.0. The molecule has 0 saturated carbocycles. The molecule has 5 nitrogen and oxygen atoms in total. The second-order valence-electron chi connectivity index (χ2n) is 14.1. The number of rotatable bonds is 5. The zero-order valence-corrected chi connectivity index (χ0v) is 29.7. The standard InChI is InChI=1S/C46H35N5S/c1-45-28-12-11-19-39(45)52-42-37(45)26-25-36-35-17-9-10-18-38(35)51(41(36)42)40-27-24-33(29-47-40)44-48-43(49-46(2,50-44)34-15-7-4-8-16-34)32-22-20-31(21-23-32)30-13-5-3-6-14-30/h3-29,39H,1-2H3,(H,48,49,50). The van der Waals surface area contributed by atoms with Crippen molar-refractivity contribution >= 4 is 45.2 Å². The van der Waals surface area contributed by atoms with Crippen molar-refractivity contribution < 1.29 is 0 Å². The van der Waals surface area contributed by atoms with Gasteiger partial charge in [-0.3, -0.25) is 4.57 Å². The van der Waals surface area contributed by atoms with Gasteiger partial charge in [0.25, 0.3) is 0 Å². The molecule has 10 rings (SSSR count). The molecule has 4 heterocycles. The summed E-state index contributed by atoms with van der Waals surface area (Å²) in [5.41, 5.74) is 8.22. The maximum absolute atomic E-state index is 5.24. The third-order valence-electron chi connectivity index (χ3n) is 10.8. The molecule has 250 valence electrons. The normalized spacial score (nSPS) is 21.8. The minimum absolute atomic E-state index is 0.0440. The van der Waals surface area contributed by atoms with E-state index in [0.29, 0.717) is 11.1 Å². The van der Waals surface area contributed by atoms with Crippen molar-refractivity contribution in [2.75, 3.05) is 0 Å². The molecule has 3 atom stereocenters. The molecule has 0 fully saturated rings. The third-order valence-corrected chi connectivity index (χ3v) is 12.3. The Morgan fingerprint density at radius 1 is 0.673 bits per heavy atom. The van der Waals surface area contributed by atoms with Crippen molar-refractivity contribution in [1.82, 2.24) is 14.9 Å². The molecule has 5 aromatic carbocycles. The highest BCUT2D eigenvalue weighted by atomic mass is 32.2. The Hall–Kier alpha value is -5.98. The molecule has 3 aliphatic rings. The van der Waals surface area contributed by atoms with Gasteiger partial charge in [0.1, 0.15) is 11.7 Å². The monoisotopic (exact) mass is 689 g/mol. The summed E-state index contributed by atoms with van der Waals surface area (Å²) in [5.74, 6) is 2.28. The number of fused-ring (bicyclic) bond motifs is 7. The summed E-state index contributed by atoms with van der Waals surface area (Å²) in [5, 5.41) is 6.50. The Balaban J connectivity index is 1.08. The van der Waals surface area contributed by atoms with E-state index in [1.165, 1.54) is 32.3 Å². The first kappa shape index (κ1) is 30.8. The van der Waals surface area contributed by atoms with Crippen LogP contribution in [0.5, 0.6) is 0 Å². The van der Waals surface area contributed by atoms with Gasteiger partial charge in [0.2, 0.25) is 0 Å². The van der Waals surface area contributed by atoms with E-state index in [4.69, 9.17) is 15.0 Å². The Kier molecular flexibility index (Phi) is 6.99. The van der Waals surface area contributed by atoms with Crippen molar-refractivity contribution in [1.29, 1.82) is 0 Å². The second kappa shape index (κ2) is 11.8. The molecule has 3 unspecified atom stereocenters. The summed E-state index contributed by atoms with van der Waals surface area (Å²) in [7, 11) is 0. The summed E-state index contributed by atoms with van der Waals surface area (Å²) in [6.45, 7) is 4.47. The molecule has 1 aliphatic carbocycles. The van der Waals surface area contributed by atoms with Gasteiger partial charge in [-0.1, -0.05) is 146 Å². The highest BCUT2D eigenvalue weighted by Gasteiger charge is 2.43. The van der Waals surface area contributed by atoms with Gasteiger partial charge >= 0.3 is 0 Å². The first-order chi connectivity index (χ1) is 25.5. The fourth-order valence-electron chi connectivity index (χ4n) is 7.95. The minimum Gasteiger partial charge on any atom is -0.342 e. The van der Waals surface area contributed by atoms with E-state index in [-0.39, 0.29) is 5.41 Å². The van der Waals surface area contributed by atoms with Gasteiger partial charge in [-0.05, 0) is 47.4 Å². The molecule has 0 bridgehead atoms. The van der Waals surface area contributed by atoms with Crippen molar-refractivity contribution in [3.8, 4) is 16.9 Å². The zero-order valence-electron chi connectivity index (χ0n) is 28.9. The zero-order chi connectivity index (χ0) is 34.9. The molecule has 2 aliphatic heterocycles. The van der Waals surface area contributed by atoms with Crippen LogP contribution in [-0.4, -0.2) is 26.5 Å². The van der Waals surface area contributed by atoms with Crippen molar-refractivity contribution in [3.05, 3.63) is 186 Å². The van der Waals surface area contributed by atoms with Gasteiger partial charge in [-0.2, -0.15) is 0 Å². The largest absolute Gasteiger partial charge is 0.342 e. The lowest BCUT2D eigenvalue weighted by Gasteiger charge is -2.33. The summed E-state index contributed by atoms with van der Waals surface area (Å²) in [4.78, 5) is 16.8. The van der Waals surface area contributed by atoms with E-state index in [1.807, 2.05) is 30.1 Å². The smallest absolute Gasteiger partial charge is 0.161 e. The van der Waals surface area contributed by atoms with Crippen molar-refractivity contribution in [2.45, 2.75) is 35.1 Å². The van der Waals surface area contributed by atoms with E-state index in [9.17, 15) is 0 Å². The van der Waals surface area contributed by atoms with Crippen LogP contribution in [0.1, 0.15) is 36.1 Å². The summed E-state index contributed by atoms with van der Waals surface area (Å²) < 4.78 is 2.34. The quantitative estimate of drug-likeness (QED) is 0.196. The van der Waals surface area contributed by atoms with Crippen LogP contribution in [0.25, 0.3) is 38.8 Å². The summed E-state index contributed by atoms with van der Waals surface area (Å²) in [6, 6.07) is 46.9. The highest BCUT2D eigenvalue weighted by molar-refractivity contribution is 8.00. The number of pyridine rings is 1. The number of amidine groups is 2. The minimum atomic E-state index is -0.731. The van der Waals surface area contributed by atoms with Crippen LogP contribution < -0.4 is 5.32 Å². The molecule has 2 aromatic heterocycles. The van der Waals surface area contributed by atoms with E-state index in [1.54, 1.807) is 0 Å². The number of allylic oxidation sites excluding steroid dienone is 3. The second-order valence-corrected chi connectivity index (χ2v) is 15.2. The average molecular weight is 690 g/mol. The molecule has 0 radical (unpaired) electrons. The number of hydrogen-bond acceptors (Lipinski definition) is 5. The number of aliphatic imine (C=N–C) groups is 2. The highest BCUT2D eigenvalue weighted by Crippen LogP contribution is 2.55. The van der Waals surface area contributed by atoms with Gasteiger partial charge in [0.15, 0.2) is 11.5 Å². The van der Waals surface area contributed by atoms with Gasteiger partial charge in [-0.15, -0.1) is 11.8 Å². The van der Waals surface area contributed by atoms with Crippen molar-refractivity contribution in [2.24, 2.45) is 9.98 Å². The predicted molar refractivity (Wildman–Crippen MR) is 216 cm³/mol. The molecular weight excluding hydrogens is 655 g/mol. The van der Waals surface area contributed by atoms with E-state index in [0.717, 1.165) is 39.4 Å². The molecule has 0 spiro atoms. The fraction of sp³-hybridized carbons (Fsp3) is 0.109. The van der Waals surface area contributed by atoms with Gasteiger partial charge < -0.3 is 5.32 Å². The lowest BCUT2D eigenvalue weighted by Crippen LogP contribution is -2.46. The topological polar surface area (TPSA) is 54.6 Å². The number of nitrogens with one attached hydrogen (secondary N) is 1. The Morgan fingerprint density at radius 2 is 1.38 bits per heavy atom. The third kappa shape index (κ3) is 4.82. The van der Waals surface area contributed by atoms with E-state index < -0.39 is 5.66 Å². The molecule has 0 saturated heterocycles. The number of para-hydroxylation sites is 1. The van der Waals surface area contributed by atoms with Crippen LogP contribution in [0.15, 0.2) is 179 Å². The molecule has 6 heteroatoms. The van der Waals surface area contributed by atoms with Gasteiger partial charge in [0, 0.05) is 43.7 Å². The average Bonchev–Trinajstić information content (AvgIpc) is 3.70. The van der Waals surface area contributed by atoms with Gasteiger partial charge in [0.05, 0.1) is 11.0 Å². The lowest BCUT2D eigenvalue weighted by molar-refractivity contribution is 0.455. The number of hydrogen-bond donors (Lipinski definition) is 1. The number of benzene rings is 5. The maximum Gasteiger partial charge on any atom is 0.161 e. The predicted octanol–water partition coefficient (Wildman–Crippen LogP) is 10.4. The number of thioether (sulfide) groups is 1. The van der Waals surface area contributed by atoms with E-state index in [2.05, 4.69) is 169 Å². The Bertz CT molecular complexity index is 2640. The Labute approximate surface area is 307 Å². The van der Waals surface area contributed by atoms with Crippen LogP contribution in [0.2, 0.25) is 0 Å². The van der Waals surface area contributed by atoms with Crippen LogP contribution in [0, 0.1) is 0 Å². The van der Waals surface area contributed by atoms with Crippen LogP contribution >= 0.6 is 11.8 Å². The lowest BCUT2D eigenvalue weighted by atomic mass is 9.77. The molecular formula is C46H35N5S.